The van der Waals surface area contributed by atoms with Gasteiger partial charge >= 0.3 is 0 Å². The third-order valence-corrected chi connectivity index (χ3v) is 4.36. The first kappa shape index (κ1) is 21.7. The molecule has 0 bridgehead atoms. The van der Waals surface area contributed by atoms with Crippen LogP contribution in [0.3, 0.4) is 0 Å². The quantitative estimate of drug-likeness (QED) is 0.391. The average molecular weight is 458 g/mol. The van der Waals surface area contributed by atoms with E-state index in [1.807, 2.05) is 30.0 Å². The Hall–Kier alpha value is -1.31. The zero-order chi connectivity index (χ0) is 17.2. The van der Waals surface area contributed by atoms with Gasteiger partial charge in [0.2, 0.25) is 5.91 Å². The minimum absolute atomic E-state index is 0. The number of carbonyl (C=O) groups excluding carboxylic acids is 1. The van der Waals surface area contributed by atoms with E-state index in [1.165, 1.54) is 12.0 Å². The SMILES string of the molecule is CCNC(=NCc1ccccc1)NCCC(=O)N1CCCCC1C.I. The number of hydrogen-bond acceptors (Lipinski definition) is 2. The van der Waals surface area contributed by atoms with Gasteiger partial charge in [-0.1, -0.05) is 30.3 Å². The van der Waals surface area contributed by atoms with Gasteiger partial charge in [-0.2, -0.15) is 0 Å². The van der Waals surface area contributed by atoms with Crippen molar-refractivity contribution in [1.82, 2.24) is 15.5 Å². The molecule has 0 saturated carbocycles. The fourth-order valence-corrected chi connectivity index (χ4v) is 3.00. The number of piperidine rings is 1. The van der Waals surface area contributed by atoms with Crippen molar-refractivity contribution in [3.05, 3.63) is 35.9 Å². The predicted octanol–water partition coefficient (Wildman–Crippen LogP) is 3.15. The van der Waals surface area contributed by atoms with Crippen LogP contribution in [-0.4, -0.2) is 42.4 Å². The van der Waals surface area contributed by atoms with Crippen LogP contribution >= 0.6 is 24.0 Å². The molecule has 140 valence electrons. The molecule has 0 aromatic heterocycles. The summed E-state index contributed by atoms with van der Waals surface area (Å²) in [5.41, 5.74) is 1.17. The Morgan fingerprint density at radius 3 is 2.68 bits per heavy atom. The highest BCUT2D eigenvalue weighted by Crippen LogP contribution is 2.16. The van der Waals surface area contributed by atoms with Gasteiger partial charge in [-0.05, 0) is 38.7 Å². The van der Waals surface area contributed by atoms with E-state index < -0.39 is 0 Å². The van der Waals surface area contributed by atoms with Gasteiger partial charge in [-0.3, -0.25) is 4.79 Å². The zero-order valence-electron chi connectivity index (χ0n) is 15.3. The molecule has 6 heteroatoms. The standard InChI is InChI=1S/C19H30N4O.HI/c1-3-20-19(22-15-17-10-5-4-6-11-17)21-13-12-18(24)23-14-8-7-9-16(23)2;/h4-6,10-11,16H,3,7-9,12-15H2,1-2H3,(H2,20,21,22);1H. The number of amides is 1. The highest BCUT2D eigenvalue weighted by atomic mass is 127. The van der Waals surface area contributed by atoms with Crippen LogP contribution in [0.1, 0.15) is 45.1 Å². The summed E-state index contributed by atoms with van der Waals surface area (Å²) in [5.74, 6) is 1.01. The number of nitrogens with zero attached hydrogens (tertiary/aromatic N) is 2. The molecule has 1 saturated heterocycles. The van der Waals surface area contributed by atoms with Crippen LogP contribution in [0.15, 0.2) is 35.3 Å². The normalized spacial score (nSPS) is 17.6. The van der Waals surface area contributed by atoms with E-state index in [2.05, 4.69) is 34.7 Å². The molecule has 1 aliphatic rings. The van der Waals surface area contributed by atoms with Gasteiger partial charge in [-0.25, -0.2) is 4.99 Å². The summed E-state index contributed by atoms with van der Waals surface area (Å²) in [6.45, 7) is 7.14. The number of rotatable bonds is 6. The monoisotopic (exact) mass is 458 g/mol. The summed E-state index contributed by atoms with van der Waals surface area (Å²) in [4.78, 5) is 19.0. The molecule has 1 amide bonds. The van der Waals surface area contributed by atoms with E-state index in [1.54, 1.807) is 0 Å². The Kier molecular flexibility index (Phi) is 10.5. The van der Waals surface area contributed by atoms with Crippen LogP contribution in [0.2, 0.25) is 0 Å². The van der Waals surface area contributed by atoms with Crippen molar-refractivity contribution in [1.29, 1.82) is 0 Å². The molecule has 1 aromatic rings. The molecule has 2 N–H and O–H groups in total. The zero-order valence-corrected chi connectivity index (χ0v) is 17.7. The third-order valence-electron chi connectivity index (χ3n) is 4.36. The van der Waals surface area contributed by atoms with Crippen molar-refractivity contribution in [2.75, 3.05) is 19.6 Å². The van der Waals surface area contributed by atoms with E-state index in [0.717, 1.165) is 31.9 Å². The smallest absolute Gasteiger partial charge is 0.224 e. The fraction of sp³-hybridized carbons (Fsp3) is 0.579. The molecule has 1 fully saturated rings. The van der Waals surface area contributed by atoms with Gasteiger partial charge in [0.25, 0.3) is 0 Å². The van der Waals surface area contributed by atoms with Gasteiger partial charge in [0, 0.05) is 32.1 Å². The van der Waals surface area contributed by atoms with Crippen LogP contribution in [0.5, 0.6) is 0 Å². The van der Waals surface area contributed by atoms with E-state index >= 15 is 0 Å². The summed E-state index contributed by atoms with van der Waals surface area (Å²) >= 11 is 0. The lowest BCUT2D eigenvalue weighted by atomic mass is 10.0. The van der Waals surface area contributed by atoms with Gasteiger partial charge in [0.05, 0.1) is 6.54 Å². The Morgan fingerprint density at radius 2 is 2.00 bits per heavy atom. The van der Waals surface area contributed by atoms with Crippen LogP contribution < -0.4 is 10.6 Å². The Labute approximate surface area is 168 Å². The summed E-state index contributed by atoms with van der Waals surface area (Å²) in [7, 11) is 0. The molecule has 1 aliphatic heterocycles. The Bertz CT molecular complexity index is 535. The predicted molar refractivity (Wildman–Crippen MR) is 114 cm³/mol. The second kappa shape index (κ2) is 12.1. The summed E-state index contributed by atoms with van der Waals surface area (Å²) in [5, 5.41) is 6.50. The second-order valence-corrected chi connectivity index (χ2v) is 6.29. The molecule has 0 spiro atoms. The van der Waals surface area contributed by atoms with Crippen LogP contribution in [-0.2, 0) is 11.3 Å². The first-order chi connectivity index (χ1) is 11.7. The summed E-state index contributed by atoms with van der Waals surface area (Å²) < 4.78 is 0. The van der Waals surface area contributed by atoms with Crippen LogP contribution in [0, 0.1) is 0 Å². The minimum atomic E-state index is 0. The van der Waals surface area contributed by atoms with E-state index in [-0.39, 0.29) is 29.9 Å². The second-order valence-electron chi connectivity index (χ2n) is 6.29. The lowest BCUT2D eigenvalue weighted by molar-refractivity contribution is -0.134. The van der Waals surface area contributed by atoms with Crippen molar-refractivity contribution in [3.63, 3.8) is 0 Å². The van der Waals surface area contributed by atoms with Gasteiger partial charge < -0.3 is 15.5 Å². The average Bonchev–Trinajstić information content (AvgIpc) is 2.61. The van der Waals surface area contributed by atoms with E-state index in [9.17, 15) is 4.79 Å². The largest absolute Gasteiger partial charge is 0.357 e. The number of halogens is 1. The molecule has 1 unspecified atom stereocenters. The van der Waals surface area contributed by atoms with Crippen molar-refractivity contribution >= 4 is 35.8 Å². The topological polar surface area (TPSA) is 56.7 Å². The molecule has 5 nitrogen and oxygen atoms in total. The third kappa shape index (κ3) is 7.63. The molecule has 1 aromatic carbocycles. The van der Waals surface area contributed by atoms with Gasteiger partial charge in [0.15, 0.2) is 5.96 Å². The number of likely N-dealkylation sites (tertiary alicyclic amines) is 1. The summed E-state index contributed by atoms with van der Waals surface area (Å²) in [6.07, 6.45) is 4.00. The van der Waals surface area contributed by atoms with Crippen LogP contribution in [0.4, 0.5) is 0 Å². The summed E-state index contributed by atoms with van der Waals surface area (Å²) in [6, 6.07) is 10.5. The van der Waals surface area contributed by atoms with Crippen LogP contribution in [0.25, 0.3) is 0 Å². The minimum Gasteiger partial charge on any atom is -0.357 e. The van der Waals surface area contributed by atoms with E-state index in [4.69, 9.17) is 0 Å². The van der Waals surface area contributed by atoms with E-state index in [0.29, 0.717) is 25.6 Å². The number of nitrogens with one attached hydrogen (secondary N) is 2. The Morgan fingerprint density at radius 1 is 1.24 bits per heavy atom. The number of benzene rings is 1. The van der Waals surface area contributed by atoms with Crippen molar-refractivity contribution in [2.24, 2.45) is 4.99 Å². The number of carbonyl (C=O) groups is 1. The number of guanidine groups is 1. The lowest BCUT2D eigenvalue weighted by Gasteiger charge is -2.33. The Balaban J connectivity index is 0.00000312. The first-order valence-electron chi connectivity index (χ1n) is 9.06. The maximum absolute atomic E-state index is 12.4. The fourth-order valence-electron chi connectivity index (χ4n) is 3.00. The number of aliphatic imine (C=N–C) groups is 1. The number of hydrogen-bond donors (Lipinski definition) is 2. The van der Waals surface area contributed by atoms with Gasteiger partial charge in [0.1, 0.15) is 0 Å². The molecule has 0 aliphatic carbocycles. The highest BCUT2D eigenvalue weighted by molar-refractivity contribution is 14.0. The highest BCUT2D eigenvalue weighted by Gasteiger charge is 2.22. The lowest BCUT2D eigenvalue weighted by Crippen LogP contribution is -2.44. The molecule has 25 heavy (non-hydrogen) atoms. The first-order valence-corrected chi connectivity index (χ1v) is 9.06. The maximum atomic E-state index is 12.4. The molecule has 1 heterocycles. The molecule has 0 radical (unpaired) electrons. The van der Waals surface area contributed by atoms with Crippen molar-refractivity contribution in [3.8, 4) is 0 Å². The van der Waals surface area contributed by atoms with Crippen molar-refractivity contribution in [2.45, 2.75) is 52.1 Å². The molecular weight excluding hydrogens is 427 g/mol. The van der Waals surface area contributed by atoms with Gasteiger partial charge in [-0.15, -0.1) is 24.0 Å². The molecule has 1 atom stereocenters. The van der Waals surface area contributed by atoms with Crippen molar-refractivity contribution < 1.29 is 4.79 Å². The maximum Gasteiger partial charge on any atom is 0.224 e. The molecular formula is C19H31IN4O. The molecule has 2 rings (SSSR count).